The number of hydrogen-bond donors (Lipinski definition) is 1. The van der Waals surface area contributed by atoms with Crippen molar-refractivity contribution in [1.29, 1.82) is 0 Å². The number of nitrogens with two attached hydrogens (primary N) is 1. The SMILES string of the molecule is COc1cccc(CN2CCC(c3cc(C(=O)N4CCCC(C(N)=O)C4)on3)CC2)c1. The Kier molecular flexibility index (Phi) is 6.56. The van der Waals surface area contributed by atoms with Gasteiger partial charge in [0.2, 0.25) is 11.7 Å². The normalized spacial score (nSPS) is 20.5. The molecule has 1 atom stereocenters. The first-order chi connectivity index (χ1) is 15.0. The maximum Gasteiger partial charge on any atom is 0.292 e. The highest BCUT2D eigenvalue weighted by atomic mass is 16.5. The highest BCUT2D eigenvalue weighted by molar-refractivity contribution is 5.92. The van der Waals surface area contributed by atoms with Gasteiger partial charge in [-0.05, 0) is 56.5 Å². The number of aromatic nitrogens is 1. The summed E-state index contributed by atoms with van der Waals surface area (Å²) in [5.41, 5.74) is 7.50. The first kappa shape index (κ1) is 21.4. The summed E-state index contributed by atoms with van der Waals surface area (Å²) >= 11 is 0. The van der Waals surface area contributed by atoms with E-state index in [1.165, 1.54) is 5.56 Å². The molecule has 2 aromatic rings. The Balaban J connectivity index is 1.31. The average Bonchev–Trinajstić information content (AvgIpc) is 3.29. The molecule has 1 aromatic heterocycles. The second-order valence-electron chi connectivity index (χ2n) is 8.51. The van der Waals surface area contributed by atoms with E-state index in [9.17, 15) is 9.59 Å². The van der Waals surface area contributed by atoms with Crippen molar-refractivity contribution in [3.8, 4) is 5.75 Å². The number of carbonyl (C=O) groups is 2. The number of piperidine rings is 2. The Bertz CT molecular complexity index is 920. The van der Waals surface area contributed by atoms with Gasteiger partial charge in [-0.2, -0.15) is 0 Å². The summed E-state index contributed by atoms with van der Waals surface area (Å²) in [6.45, 7) is 3.78. The van der Waals surface area contributed by atoms with Crippen LogP contribution in [0.2, 0.25) is 0 Å². The predicted molar refractivity (Wildman–Crippen MR) is 115 cm³/mol. The first-order valence-electron chi connectivity index (χ1n) is 10.9. The largest absolute Gasteiger partial charge is 0.497 e. The topological polar surface area (TPSA) is 102 Å². The lowest BCUT2D eigenvalue weighted by Crippen LogP contribution is -2.44. The molecule has 2 N–H and O–H groups in total. The number of ether oxygens (including phenoxy) is 1. The molecule has 0 aliphatic carbocycles. The minimum absolute atomic E-state index is 0.208. The highest BCUT2D eigenvalue weighted by Crippen LogP contribution is 2.29. The van der Waals surface area contributed by atoms with Gasteiger partial charge in [0.15, 0.2) is 0 Å². The molecule has 2 saturated heterocycles. The zero-order valence-corrected chi connectivity index (χ0v) is 18.0. The van der Waals surface area contributed by atoms with Gasteiger partial charge in [0.05, 0.1) is 18.7 Å². The molecule has 0 saturated carbocycles. The first-order valence-corrected chi connectivity index (χ1v) is 10.9. The number of methoxy groups -OCH3 is 1. The molecule has 8 heteroatoms. The van der Waals surface area contributed by atoms with Crippen molar-refractivity contribution in [3.63, 3.8) is 0 Å². The molecule has 4 rings (SSSR count). The van der Waals surface area contributed by atoms with Gasteiger partial charge in [-0.1, -0.05) is 17.3 Å². The molecule has 1 aromatic carbocycles. The number of carbonyl (C=O) groups excluding carboxylic acids is 2. The molecule has 1 unspecified atom stereocenters. The van der Waals surface area contributed by atoms with E-state index in [-0.39, 0.29) is 29.4 Å². The molecule has 2 aliphatic rings. The molecule has 166 valence electrons. The van der Waals surface area contributed by atoms with Crippen molar-refractivity contribution in [1.82, 2.24) is 15.0 Å². The smallest absolute Gasteiger partial charge is 0.292 e. The van der Waals surface area contributed by atoms with Crippen molar-refractivity contribution < 1.29 is 18.8 Å². The summed E-state index contributed by atoms with van der Waals surface area (Å²) in [6, 6.07) is 9.94. The molecule has 31 heavy (non-hydrogen) atoms. The van der Waals surface area contributed by atoms with Gasteiger partial charge in [0.25, 0.3) is 5.91 Å². The van der Waals surface area contributed by atoms with E-state index in [1.807, 2.05) is 12.1 Å². The minimum atomic E-state index is -0.350. The molecule has 2 aliphatic heterocycles. The number of primary amides is 1. The van der Waals surface area contributed by atoms with Crippen LogP contribution in [0.25, 0.3) is 0 Å². The summed E-state index contributed by atoms with van der Waals surface area (Å²) in [6.07, 6.45) is 3.44. The second-order valence-corrected chi connectivity index (χ2v) is 8.51. The van der Waals surface area contributed by atoms with Crippen molar-refractivity contribution in [2.75, 3.05) is 33.3 Å². The Morgan fingerprint density at radius 2 is 2.00 bits per heavy atom. The van der Waals surface area contributed by atoms with Gasteiger partial charge >= 0.3 is 0 Å². The van der Waals surface area contributed by atoms with E-state index >= 15 is 0 Å². The lowest BCUT2D eigenvalue weighted by molar-refractivity contribution is -0.123. The van der Waals surface area contributed by atoms with Crippen LogP contribution in [0, 0.1) is 5.92 Å². The third-order valence-corrected chi connectivity index (χ3v) is 6.40. The van der Waals surface area contributed by atoms with Crippen molar-refractivity contribution in [2.24, 2.45) is 11.7 Å². The summed E-state index contributed by atoms with van der Waals surface area (Å²) < 4.78 is 10.7. The Hall–Kier alpha value is -2.87. The van der Waals surface area contributed by atoms with E-state index in [2.05, 4.69) is 22.2 Å². The van der Waals surface area contributed by atoms with E-state index in [1.54, 1.807) is 18.1 Å². The van der Waals surface area contributed by atoms with Crippen LogP contribution in [0.15, 0.2) is 34.9 Å². The molecule has 0 spiro atoms. The Morgan fingerprint density at radius 1 is 1.19 bits per heavy atom. The van der Waals surface area contributed by atoms with Crippen LogP contribution < -0.4 is 10.5 Å². The maximum absolute atomic E-state index is 12.8. The fourth-order valence-corrected chi connectivity index (χ4v) is 4.55. The van der Waals surface area contributed by atoms with E-state index in [4.69, 9.17) is 15.0 Å². The number of nitrogens with zero attached hydrogens (tertiary/aromatic N) is 3. The average molecular weight is 427 g/mol. The fourth-order valence-electron chi connectivity index (χ4n) is 4.55. The zero-order valence-electron chi connectivity index (χ0n) is 18.0. The number of amides is 2. The Morgan fingerprint density at radius 3 is 2.74 bits per heavy atom. The summed E-state index contributed by atoms with van der Waals surface area (Å²) in [7, 11) is 1.68. The van der Waals surface area contributed by atoms with Gasteiger partial charge in [-0.3, -0.25) is 14.5 Å². The maximum atomic E-state index is 12.8. The molecular weight excluding hydrogens is 396 g/mol. The van der Waals surface area contributed by atoms with Crippen LogP contribution in [-0.2, 0) is 11.3 Å². The monoisotopic (exact) mass is 426 g/mol. The minimum Gasteiger partial charge on any atom is -0.497 e. The van der Waals surface area contributed by atoms with Crippen LogP contribution in [0.5, 0.6) is 5.75 Å². The Labute approximate surface area is 182 Å². The molecule has 2 fully saturated rings. The highest BCUT2D eigenvalue weighted by Gasteiger charge is 2.30. The molecule has 3 heterocycles. The fraction of sp³-hybridized carbons (Fsp3) is 0.522. The number of hydrogen-bond acceptors (Lipinski definition) is 6. The lowest BCUT2D eigenvalue weighted by Gasteiger charge is -2.31. The van der Waals surface area contributed by atoms with Crippen LogP contribution in [0.3, 0.4) is 0 Å². The van der Waals surface area contributed by atoms with Gasteiger partial charge in [0.1, 0.15) is 5.75 Å². The van der Waals surface area contributed by atoms with Crippen molar-refractivity contribution in [3.05, 3.63) is 47.3 Å². The number of benzene rings is 1. The molecule has 2 amide bonds. The zero-order chi connectivity index (χ0) is 21.8. The molecule has 0 bridgehead atoms. The van der Waals surface area contributed by atoms with Crippen LogP contribution in [0.1, 0.15) is 53.4 Å². The van der Waals surface area contributed by atoms with Crippen LogP contribution >= 0.6 is 0 Å². The summed E-state index contributed by atoms with van der Waals surface area (Å²) in [4.78, 5) is 28.4. The molecule has 8 nitrogen and oxygen atoms in total. The van der Waals surface area contributed by atoms with Gasteiger partial charge in [-0.25, -0.2) is 0 Å². The summed E-state index contributed by atoms with van der Waals surface area (Å²) in [5, 5.41) is 4.19. The number of rotatable bonds is 6. The van der Waals surface area contributed by atoms with E-state index in [0.717, 1.165) is 56.8 Å². The molecular formula is C23H30N4O4. The van der Waals surface area contributed by atoms with Crippen LogP contribution in [0.4, 0.5) is 0 Å². The third-order valence-electron chi connectivity index (χ3n) is 6.40. The second kappa shape index (κ2) is 9.51. The van der Waals surface area contributed by atoms with Gasteiger partial charge < -0.3 is 19.9 Å². The van der Waals surface area contributed by atoms with Crippen molar-refractivity contribution in [2.45, 2.75) is 38.1 Å². The van der Waals surface area contributed by atoms with Gasteiger partial charge in [0, 0.05) is 31.6 Å². The quantitative estimate of drug-likeness (QED) is 0.761. The summed E-state index contributed by atoms with van der Waals surface area (Å²) in [5.74, 6) is 0.569. The standard InChI is InChI=1S/C23H30N4O4/c1-30-19-6-2-4-16(12-19)14-26-10-7-17(8-11-26)20-13-21(31-25-20)23(29)27-9-3-5-18(15-27)22(24)28/h2,4,6,12-13,17-18H,3,5,7-11,14-15H2,1H3,(H2,24,28). The van der Waals surface area contributed by atoms with Gasteiger partial charge in [-0.15, -0.1) is 0 Å². The van der Waals surface area contributed by atoms with Crippen LogP contribution in [-0.4, -0.2) is 60.1 Å². The van der Waals surface area contributed by atoms with E-state index in [0.29, 0.717) is 13.1 Å². The number of likely N-dealkylation sites (tertiary alicyclic amines) is 2. The molecule has 0 radical (unpaired) electrons. The third kappa shape index (κ3) is 5.07. The predicted octanol–water partition coefficient (Wildman–Crippen LogP) is 2.40. The van der Waals surface area contributed by atoms with E-state index < -0.39 is 0 Å². The van der Waals surface area contributed by atoms with Crippen molar-refractivity contribution >= 4 is 11.8 Å². The lowest BCUT2D eigenvalue weighted by atomic mass is 9.93.